The SMILES string of the molecule is CC(N)=NC1C(C)(C)C1(C)C. The van der Waals surface area contributed by atoms with Gasteiger partial charge >= 0.3 is 0 Å². The van der Waals surface area contributed by atoms with E-state index in [0.29, 0.717) is 22.7 Å². The van der Waals surface area contributed by atoms with Gasteiger partial charge in [0.25, 0.3) is 0 Å². The summed E-state index contributed by atoms with van der Waals surface area (Å²) in [5.74, 6) is 0.702. The van der Waals surface area contributed by atoms with Gasteiger partial charge < -0.3 is 5.73 Å². The minimum atomic E-state index is 0.327. The first kappa shape index (κ1) is 8.57. The first-order chi connectivity index (χ1) is 4.80. The van der Waals surface area contributed by atoms with E-state index in [-0.39, 0.29) is 0 Å². The molecule has 1 aliphatic carbocycles. The van der Waals surface area contributed by atoms with Crippen LogP contribution >= 0.6 is 0 Å². The molecule has 64 valence electrons. The molecule has 1 rings (SSSR count). The molecule has 2 N–H and O–H groups in total. The first-order valence-electron chi connectivity index (χ1n) is 4.10. The van der Waals surface area contributed by atoms with E-state index in [4.69, 9.17) is 5.73 Å². The van der Waals surface area contributed by atoms with E-state index in [0.717, 1.165) is 0 Å². The zero-order valence-corrected chi connectivity index (χ0v) is 8.10. The molecule has 0 amide bonds. The Hall–Kier alpha value is -0.530. The molecule has 0 heterocycles. The van der Waals surface area contributed by atoms with Crippen LogP contribution in [0.1, 0.15) is 34.6 Å². The summed E-state index contributed by atoms with van der Waals surface area (Å²) in [5, 5.41) is 0. The average molecular weight is 154 g/mol. The molecule has 0 spiro atoms. The quantitative estimate of drug-likeness (QED) is 0.454. The fourth-order valence-corrected chi connectivity index (χ4v) is 1.69. The molecule has 1 fully saturated rings. The van der Waals surface area contributed by atoms with Gasteiger partial charge in [0.1, 0.15) is 0 Å². The molecule has 0 saturated heterocycles. The van der Waals surface area contributed by atoms with Crippen LogP contribution in [-0.4, -0.2) is 11.9 Å². The van der Waals surface area contributed by atoms with Crippen LogP contribution in [0.25, 0.3) is 0 Å². The highest BCUT2D eigenvalue weighted by Crippen LogP contribution is 2.64. The Kier molecular flexibility index (Phi) is 1.55. The van der Waals surface area contributed by atoms with E-state index in [1.54, 1.807) is 0 Å². The summed E-state index contributed by atoms with van der Waals surface area (Å²) in [6, 6.07) is 0.417. The molecule has 11 heavy (non-hydrogen) atoms. The summed E-state index contributed by atoms with van der Waals surface area (Å²) in [6.45, 7) is 10.8. The molecule has 0 bridgehead atoms. The van der Waals surface area contributed by atoms with Gasteiger partial charge in [-0.15, -0.1) is 0 Å². The van der Waals surface area contributed by atoms with Crippen LogP contribution < -0.4 is 5.73 Å². The van der Waals surface area contributed by atoms with Crippen molar-refractivity contribution >= 4 is 5.84 Å². The molecule has 0 unspecified atom stereocenters. The summed E-state index contributed by atoms with van der Waals surface area (Å²) >= 11 is 0. The van der Waals surface area contributed by atoms with E-state index >= 15 is 0 Å². The highest BCUT2D eigenvalue weighted by Gasteiger charge is 2.65. The smallest absolute Gasteiger partial charge is 0.0909 e. The van der Waals surface area contributed by atoms with Gasteiger partial charge in [-0.2, -0.15) is 0 Å². The van der Waals surface area contributed by atoms with Gasteiger partial charge in [-0.3, -0.25) is 4.99 Å². The number of hydrogen-bond donors (Lipinski definition) is 1. The average Bonchev–Trinajstić information content (AvgIpc) is 2.11. The van der Waals surface area contributed by atoms with Crippen LogP contribution in [0.4, 0.5) is 0 Å². The fraction of sp³-hybridized carbons (Fsp3) is 0.889. The molecule has 0 aromatic heterocycles. The summed E-state index contributed by atoms with van der Waals surface area (Å²) in [4.78, 5) is 4.39. The Labute approximate surface area is 68.9 Å². The van der Waals surface area contributed by atoms with Crippen molar-refractivity contribution in [2.75, 3.05) is 0 Å². The minimum Gasteiger partial charge on any atom is -0.388 e. The van der Waals surface area contributed by atoms with E-state index < -0.39 is 0 Å². The molecule has 0 aliphatic heterocycles. The Morgan fingerprint density at radius 1 is 1.18 bits per heavy atom. The Balaban J connectivity index is 2.76. The van der Waals surface area contributed by atoms with Crippen molar-refractivity contribution in [1.29, 1.82) is 0 Å². The van der Waals surface area contributed by atoms with Crippen molar-refractivity contribution in [2.24, 2.45) is 21.6 Å². The maximum absolute atomic E-state index is 5.53. The lowest BCUT2D eigenvalue weighted by Gasteiger charge is -2.02. The number of amidine groups is 1. The lowest BCUT2D eigenvalue weighted by molar-refractivity contribution is 0.457. The third-order valence-electron chi connectivity index (χ3n) is 3.28. The number of rotatable bonds is 1. The van der Waals surface area contributed by atoms with Crippen LogP contribution in [0, 0.1) is 10.8 Å². The van der Waals surface area contributed by atoms with Crippen molar-refractivity contribution < 1.29 is 0 Å². The molecular formula is C9H18N2. The Morgan fingerprint density at radius 3 is 1.64 bits per heavy atom. The topological polar surface area (TPSA) is 38.4 Å². The number of nitrogens with two attached hydrogens (primary N) is 1. The summed E-state index contributed by atoms with van der Waals surface area (Å²) in [5.41, 5.74) is 6.18. The van der Waals surface area contributed by atoms with Gasteiger partial charge in [0.05, 0.1) is 11.9 Å². The van der Waals surface area contributed by atoms with Crippen LogP contribution in [-0.2, 0) is 0 Å². The number of hydrogen-bond acceptors (Lipinski definition) is 1. The highest BCUT2D eigenvalue weighted by atomic mass is 15.0. The van der Waals surface area contributed by atoms with Crippen molar-refractivity contribution in [2.45, 2.75) is 40.7 Å². The third kappa shape index (κ3) is 1.05. The van der Waals surface area contributed by atoms with Gasteiger partial charge in [-0.05, 0) is 17.8 Å². The number of aliphatic imine (C=N–C) groups is 1. The molecule has 0 atom stereocenters. The van der Waals surface area contributed by atoms with E-state index in [2.05, 4.69) is 32.7 Å². The van der Waals surface area contributed by atoms with Crippen LogP contribution in [0.15, 0.2) is 4.99 Å². The molecule has 1 saturated carbocycles. The van der Waals surface area contributed by atoms with E-state index in [9.17, 15) is 0 Å². The Bertz CT molecular complexity index is 184. The zero-order valence-electron chi connectivity index (χ0n) is 8.10. The fourth-order valence-electron chi connectivity index (χ4n) is 1.69. The van der Waals surface area contributed by atoms with E-state index in [1.165, 1.54) is 0 Å². The van der Waals surface area contributed by atoms with Crippen LogP contribution in [0.5, 0.6) is 0 Å². The lowest BCUT2D eigenvalue weighted by atomic mass is 10.0. The standard InChI is InChI=1S/C9H18N2/c1-6(10)11-7-8(2,3)9(7,4)5/h7H,1-5H3,(H2,10,11). The normalized spacial score (nSPS) is 28.6. The lowest BCUT2D eigenvalue weighted by Crippen LogP contribution is -2.08. The number of nitrogens with zero attached hydrogens (tertiary/aromatic N) is 1. The molecule has 0 aromatic rings. The van der Waals surface area contributed by atoms with Gasteiger partial charge in [-0.25, -0.2) is 0 Å². The summed E-state index contributed by atoms with van der Waals surface area (Å²) in [6.07, 6.45) is 0. The maximum atomic E-state index is 5.53. The minimum absolute atomic E-state index is 0.327. The highest BCUT2D eigenvalue weighted by molar-refractivity contribution is 5.78. The molecule has 2 heteroatoms. The molecular weight excluding hydrogens is 136 g/mol. The summed E-state index contributed by atoms with van der Waals surface area (Å²) < 4.78 is 0. The monoisotopic (exact) mass is 154 g/mol. The predicted octanol–water partition coefficient (Wildman–Crippen LogP) is 1.80. The van der Waals surface area contributed by atoms with Gasteiger partial charge in [0, 0.05) is 0 Å². The van der Waals surface area contributed by atoms with E-state index in [1.807, 2.05) is 6.92 Å². The Morgan fingerprint density at radius 2 is 1.55 bits per heavy atom. The zero-order chi connectivity index (χ0) is 8.86. The van der Waals surface area contributed by atoms with Crippen LogP contribution in [0.3, 0.4) is 0 Å². The molecule has 1 aliphatic rings. The summed E-state index contributed by atoms with van der Waals surface area (Å²) in [7, 11) is 0. The van der Waals surface area contributed by atoms with Crippen molar-refractivity contribution in [3.63, 3.8) is 0 Å². The van der Waals surface area contributed by atoms with Gasteiger partial charge in [-0.1, -0.05) is 27.7 Å². The first-order valence-corrected chi connectivity index (χ1v) is 4.10. The molecule has 2 nitrogen and oxygen atoms in total. The second-order valence-electron chi connectivity index (χ2n) is 4.62. The molecule has 0 radical (unpaired) electrons. The van der Waals surface area contributed by atoms with Gasteiger partial charge in [0.2, 0.25) is 0 Å². The van der Waals surface area contributed by atoms with Crippen molar-refractivity contribution in [3.8, 4) is 0 Å². The largest absolute Gasteiger partial charge is 0.388 e. The predicted molar refractivity (Wildman–Crippen MR) is 48.6 cm³/mol. The van der Waals surface area contributed by atoms with Crippen LogP contribution in [0.2, 0.25) is 0 Å². The maximum Gasteiger partial charge on any atom is 0.0909 e. The third-order valence-corrected chi connectivity index (χ3v) is 3.28. The van der Waals surface area contributed by atoms with Gasteiger partial charge in [0.15, 0.2) is 0 Å². The second-order valence-corrected chi connectivity index (χ2v) is 4.62. The molecule has 0 aromatic carbocycles. The van der Waals surface area contributed by atoms with Crippen molar-refractivity contribution in [1.82, 2.24) is 0 Å². The second kappa shape index (κ2) is 1.99. The van der Waals surface area contributed by atoms with Crippen molar-refractivity contribution in [3.05, 3.63) is 0 Å².